The van der Waals surface area contributed by atoms with Gasteiger partial charge in [0.05, 0.1) is 11.6 Å². The van der Waals surface area contributed by atoms with Gasteiger partial charge in [-0.3, -0.25) is 14.6 Å². The van der Waals surface area contributed by atoms with E-state index >= 15 is 0 Å². The lowest BCUT2D eigenvalue weighted by molar-refractivity contribution is -0.140. The Morgan fingerprint density at radius 2 is 1.57 bits per heavy atom. The summed E-state index contributed by atoms with van der Waals surface area (Å²) in [5.41, 5.74) is 2.73. The van der Waals surface area contributed by atoms with Crippen LogP contribution in [-0.4, -0.2) is 31.8 Å². The summed E-state index contributed by atoms with van der Waals surface area (Å²) in [7, 11) is 0. The van der Waals surface area contributed by atoms with E-state index in [1.165, 1.54) is 17.0 Å². The summed E-state index contributed by atoms with van der Waals surface area (Å²) in [6.07, 6.45) is 3.25. The summed E-state index contributed by atoms with van der Waals surface area (Å²) in [4.78, 5) is 31.8. The number of carbonyl (C=O) groups is 2. The number of phenolic OH excluding ortho intramolecular Hbond substituents is 1. The number of benzene rings is 3. The second-order valence-electron chi connectivity index (χ2n) is 8.68. The predicted molar refractivity (Wildman–Crippen MR) is 137 cm³/mol. The maximum absolute atomic E-state index is 13.2. The van der Waals surface area contributed by atoms with Crippen molar-refractivity contribution in [1.82, 2.24) is 9.88 Å². The van der Waals surface area contributed by atoms with E-state index in [0.717, 1.165) is 11.1 Å². The molecule has 0 aliphatic carbocycles. The summed E-state index contributed by atoms with van der Waals surface area (Å²) >= 11 is 0. The van der Waals surface area contributed by atoms with Gasteiger partial charge in [0.1, 0.15) is 23.9 Å². The normalized spacial score (nSPS) is 16.6. The van der Waals surface area contributed by atoms with Crippen LogP contribution in [0.4, 0.5) is 0 Å². The number of nitrogens with zero attached hydrogens (tertiary/aromatic N) is 2. The Kier molecular flexibility index (Phi) is 6.68. The number of aliphatic hydroxyl groups excluding tert-OH is 1. The lowest BCUT2D eigenvalue weighted by Crippen LogP contribution is -2.29. The van der Waals surface area contributed by atoms with Crippen molar-refractivity contribution in [2.75, 3.05) is 0 Å². The zero-order valence-corrected chi connectivity index (χ0v) is 19.8. The van der Waals surface area contributed by atoms with E-state index in [1.807, 2.05) is 36.4 Å². The first-order valence-corrected chi connectivity index (χ1v) is 11.7. The van der Waals surface area contributed by atoms with Gasteiger partial charge in [0.2, 0.25) is 0 Å². The van der Waals surface area contributed by atoms with Crippen molar-refractivity contribution in [1.29, 1.82) is 0 Å². The largest absolute Gasteiger partial charge is 0.508 e. The molecule has 2 N–H and O–H groups in total. The second-order valence-corrected chi connectivity index (χ2v) is 8.68. The quantitative estimate of drug-likeness (QED) is 0.214. The van der Waals surface area contributed by atoms with Gasteiger partial charge in [-0.25, -0.2) is 0 Å². The molecular formula is C30H24N2O5. The Bertz CT molecular complexity index is 1430. The van der Waals surface area contributed by atoms with Gasteiger partial charge >= 0.3 is 0 Å². The average Bonchev–Trinajstić information content (AvgIpc) is 3.18. The monoisotopic (exact) mass is 492 g/mol. The summed E-state index contributed by atoms with van der Waals surface area (Å²) in [6, 6.07) is 25.4. The smallest absolute Gasteiger partial charge is 0.295 e. The minimum Gasteiger partial charge on any atom is -0.508 e. The molecule has 1 amide bonds. The lowest BCUT2D eigenvalue weighted by atomic mass is 9.95. The molecule has 1 aliphatic heterocycles. The number of phenols is 1. The number of rotatable bonds is 7. The first kappa shape index (κ1) is 23.8. The number of aromatic hydroxyl groups is 1. The number of ketones is 1. The summed E-state index contributed by atoms with van der Waals surface area (Å²) < 4.78 is 5.82. The molecule has 2 heterocycles. The number of pyridine rings is 1. The number of aromatic nitrogens is 1. The highest BCUT2D eigenvalue weighted by atomic mass is 16.5. The molecule has 1 saturated heterocycles. The van der Waals surface area contributed by atoms with Crippen LogP contribution in [0.2, 0.25) is 0 Å². The van der Waals surface area contributed by atoms with Crippen LogP contribution < -0.4 is 4.74 Å². The van der Waals surface area contributed by atoms with Crippen molar-refractivity contribution < 1.29 is 24.5 Å². The van der Waals surface area contributed by atoms with Gasteiger partial charge in [-0.15, -0.1) is 0 Å². The SMILES string of the molecule is O=C1C(=O)N(Cc2cccnc2)C(c2ccc(O)cc2)/C1=C(/O)c1ccc(OCc2ccccc2)cc1. The van der Waals surface area contributed by atoms with Gasteiger partial charge < -0.3 is 19.8 Å². The number of hydrogen-bond donors (Lipinski definition) is 2. The standard InChI is InChI=1S/C30H24N2O5/c33-24-12-8-22(9-13-24)27-26(29(35)30(36)32(27)18-21-7-4-16-31-17-21)28(34)23-10-14-25(15-11-23)37-19-20-5-2-1-3-6-20/h1-17,27,33-34H,18-19H2/b28-26-. The molecule has 0 radical (unpaired) electrons. The first-order valence-electron chi connectivity index (χ1n) is 11.7. The Morgan fingerprint density at radius 1 is 0.865 bits per heavy atom. The van der Waals surface area contributed by atoms with Crippen LogP contribution in [0.1, 0.15) is 28.3 Å². The van der Waals surface area contributed by atoms with Crippen molar-refractivity contribution in [3.8, 4) is 11.5 Å². The van der Waals surface area contributed by atoms with Crippen LogP contribution in [0.25, 0.3) is 5.76 Å². The molecule has 1 aromatic heterocycles. The van der Waals surface area contributed by atoms with Crippen molar-refractivity contribution in [2.45, 2.75) is 19.2 Å². The zero-order chi connectivity index (χ0) is 25.8. The van der Waals surface area contributed by atoms with Gasteiger partial charge in [-0.1, -0.05) is 48.5 Å². The molecule has 7 nitrogen and oxygen atoms in total. The molecule has 7 heteroatoms. The fraction of sp³-hybridized carbons (Fsp3) is 0.100. The minimum atomic E-state index is -0.838. The Morgan fingerprint density at radius 3 is 2.24 bits per heavy atom. The summed E-state index contributed by atoms with van der Waals surface area (Å²) in [6.45, 7) is 0.527. The van der Waals surface area contributed by atoms with Crippen molar-refractivity contribution >= 4 is 17.4 Å². The molecule has 0 bridgehead atoms. The highest BCUT2D eigenvalue weighted by Gasteiger charge is 2.46. The third kappa shape index (κ3) is 5.06. The fourth-order valence-electron chi connectivity index (χ4n) is 4.34. The number of aliphatic hydroxyl groups is 1. The predicted octanol–water partition coefficient (Wildman–Crippen LogP) is 4.99. The van der Waals surface area contributed by atoms with Crippen LogP contribution in [0, 0.1) is 0 Å². The highest BCUT2D eigenvalue weighted by Crippen LogP contribution is 2.40. The molecular weight excluding hydrogens is 468 g/mol. The highest BCUT2D eigenvalue weighted by molar-refractivity contribution is 6.46. The molecule has 1 aliphatic rings. The average molecular weight is 493 g/mol. The Hall–Kier alpha value is -4.91. The van der Waals surface area contributed by atoms with E-state index in [9.17, 15) is 19.8 Å². The molecule has 5 rings (SSSR count). The molecule has 1 unspecified atom stereocenters. The maximum atomic E-state index is 13.2. The number of likely N-dealkylation sites (tertiary alicyclic amines) is 1. The fourth-order valence-corrected chi connectivity index (χ4v) is 4.34. The number of amides is 1. The summed E-state index contributed by atoms with van der Waals surface area (Å²) in [5.74, 6) is -1.11. The third-order valence-electron chi connectivity index (χ3n) is 6.20. The number of hydrogen-bond acceptors (Lipinski definition) is 6. The van der Waals surface area contributed by atoms with Crippen LogP contribution in [-0.2, 0) is 22.7 Å². The summed E-state index contributed by atoms with van der Waals surface area (Å²) in [5, 5.41) is 21.0. The molecule has 0 saturated carbocycles. The molecule has 0 spiro atoms. The first-order chi connectivity index (χ1) is 18.0. The second kappa shape index (κ2) is 10.4. The van der Waals surface area contributed by atoms with Gasteiger partial charge in [-0.2, -0.15) is 0 Å². The zero-order valence-electron chi connectivity index (χ0n) is 19.8. The van der Waals surface area contributed by atoms with Crippen LogP contribution in [0.3, 0.4) is 0 Å². The van der Waals surface area contributed by atoms with Crippen molar-refractivity contribution in [2.24, 2.45) is 0 Å². The number of ether oxygens (including phenoxy) is 1. The van der Waals surface area contributed by atoms with E-state index in [2.05, 4.69) is 4.98 Å². The van der Waals surface area contributed by atoms with Crippen molar-refractivity contribution in [3.63, 3.8) is 0 Å². The van der Waals surface area contributed by atoms with E-state index in [1.54, 1.807) is 54.9 Å². The lowest BCUT2D eigenvalue weighted by Gasteiger charge is -2.25. The van der Waals surface area contributed by atoms with Crippen LogP contribution in [0.5, 0.6) is 11.5 Å². The van der Waals surface area contributed by atoms with E-state index in [0.29, 0.717) is 23.5 Å². The third-order valence-corrected chi connectivity index (χ3v) is 6.20. The molecule has 37 heavy (non-hydrogen) atoms. The maximum Gasteiger partial charge on any atom is 0.295 e. The Balaban J connectivity index is 1.48. The Labute approximate surface area is 213 Å². The van der Waals surface area contributed by atoms with Crippen molar-refractivity contribution in [3.05, 3.63) is 131 Å². The van der Waals surface area contributed by atoms with Crippen LogP contribution >= 0.6 is 0 Å². The van der Waals surface area contributed by atoms with Gasteiger partial charge in [-0.05, 0) is 59.2 Å². The topological polar surface area (TPSA) is 100.0 Å². The molecule has 4 aromatic rings. The minimum absolute atomic E-state index is 0.0162. The van der Waals surface area contributed by atoms with E-state index < -0.39 is 17.7 Å². The van der Waals surface area contributed by atoms with Gasteiger partial charge in [0.25, 0.3) is 11.7 Å². The van der Waals surface area contributed by atoms with E-state index in [-0.39, 0.29) is 23.6 Å². The molecule has 184 valence electrons. The number of Topliss-reactive ketones (excluding diaryl/α,β-unsaturated/α-hetero) is 1. The van der Waals surface area contributed by atoms with Gasteiger partial charge in [0.15, 0.2) is 0 Å². The molecule has 3 aromatic carbocycles. The molecule has 1 fully saturated rings. The molecule has 1 atom stereocenters. The van der Waals surface area contributed by atoms with Crippen LogP contribution in [0.15, 0.2) is 109 Å². The number of carbonyl (C=O) groups excluding carboxylic acids is 2. The van der Waals surface area contributed by atoms with E-state index in [4.69, 9.17) is 4.74 Å². The van der Waals surface area contributed by atoms with Gasteiger partial charge in [0, 0.05) is 24.5 Å².